The SMILES string of the molecule is CN(Cc1ccccc1[CH]=[Ru]([Cl])[Cl])c1ccccc1. The number of benzene rings is 2. The van der Waals surface area contributed by atoms with Crippen molar-refractivity contribution >= 4 is 29.7 Å². The van der Waals surface area contributed by atoms with Crippen molar-refractivity contribution in [3.8, 4) is 0 Å². The van der Waals surface area contributed by atoms with E-state index in [0.717, 1.165) is 12.1 Å². The Hall–Kier alpha value is -0.687. The van der Waals surface area contributed by atoms with Gasteiger partial charge in [-0.25, -0.2) is 0 Å². The van der Waals surface area contributed by atoms with Crippen molar-refractivity contribution in [2.45, 2.75) is 6.54 Å². The van der Waals surface area contributed by atoms with Crippen molar-refractivity contribution in [1.82, 2.24) is 0 Å². The van der Waals surface area contributed by atoms with Crippen LogP contribution in [0.2, 0.25) is 0 Å². The number of halogens is 2. The van der Waals surface area contributed by atoms with E-state index in [1.807, 2.05) is 34.9 Å². The molecule has 0 aliphatic rings. The maximum atomic E-state index is 5.98. The third-order valence-corrected chi connectivity index (χ3v) is 4.68. The standard InChI is InChI=1S/C15H15N.2ClH.Ru/c1-13-8-6-7-9-14(13)12-16(2)15-10-4-3-5-11-15;;;/h1,3-11H,12H2,2H3;2*1H;/q;;;+2/p-2. The third-order valence-electron chi connectivity index (χ3n) is 2.85. The first-order valence-electron chi connectivity index (χ1n) is 5.84. The number of rotatable bonds is 4. The van der Waals surface area contributed by atoms with Crippen LogP contribution in [0.5, 0.6) is 0 Å². The van der Waals surface area contributed by atoms with E-state index in [-0.39, 0.29) is 0 Å². The number of para-hydroxylation sites is 1. The van der Waals surface area contributed by atoms with Gasteiger partial charge in [0.15, 0.2) is 0 Å². The van der Waals surface area contributed by atoms with Crippen LogP contribution in [0, 0.1) is 0 Å². The summed E-state index contributed by atoms with van der Waals surface area (Å²) in [5, 5.41) is 0. The molecule has 102 valence electrons. The van der Waals surface area contributed by atoms with Gasteiger partial charge in [0.1, 0.15) is 0 Å². The summed E-state index contributed by atoms with van der Waals surface area (Å²) in [7, 11) is 14.0. The maximum absolute atomic E-state index is 5.98. The summed E-state index contributed by atoms with van der Waals surface area (Å²) < 4.78 is 2.00. The van der Waals surface area contributed by atoms with Crippen LogP contribution in [0.3, 0.4) is 0 Å². The minimum absolute atomic E-state index is 0.840. The van der Waals surface area contributed by atoms with E-state index < -0.39 is 13.5 Å². The van der Waals surface area contributed by atoms with Gasteiger partial charge in [-0.2, -0.15) is 0 Å². The molecule has 4 heteroatoms. The van der Waals surface area contributed by atoms with Crippen LogP contribution < -0.4 is 4.90 Å². The predicted molar refractivity (Wildman–Crippen MR) is 81.9 cm³/mol. The Balaban J connectivity index is 2.22. The van der Waals surface area contributed by atoms with Crippen molar-refractivity contribution in [3.63, 3.8) is 0 Å². The Kier molecular flexibility index (Phi) is 5.57. The molecule has 0 spiro atoms. The summed E-state index contributed by atoms with van der Waals surface area (Å²) in [4.78, 5) is 2.21. The van der Waals surface area contributed by atoms with Gasteiger partial charge < -0.3 is 0 Å². The first-order chi connectivity index (χ1) is 9.16. The predicted octanol–water partition coefficient (Wildman–Crippen LogP) is 4.40. The van der Waals surface area contributed by atoms with E-state index in [1.54, 1.807) is 0 Å². The minimum atomic E-state index is -1.78. The van der Waals surface area contributed by atoms with Gasteiger partial charge in [-0.3, -0.25) is 0 Å². The number of hydrogen-bond acceptors (Lipinski definition) is 1. The van der Waals surface area contributed by atoms with Gasteiger partial charge in [0.2, 0.25) is 0 Å². The molecule has 0 saturated carbocycles. The van der Waals surface area contributed by atoms with E-state index in [9.17, 15) is 0 Å². The molecule has 0 bridgehead atoms. The Labute approximate surface area is 127 Å². The summed E-state index contributed by atoms with van der Waals surface area (Å²) in [6.45, 7) is 0.840. The monoisotopic (exact) mass is 381 g/mol. The number of hydrogen-bond donors (Lipinski definition) is 0. The second-order valence-corrected chi connectivity index (χ2v) is 9.92. The summed E-state index contributed by atoms with van der Waals surface area (Å²) >= 11 is -1.78. The molecule has 0 unspecified atom stereocenters. The average Bonchev–Trinajstić information content (AvgIpc) is 2.41. The Morgan fingerprint density at radius 3 is 2.32 bits per heavy atom. The van der Waals surface area contributed by atoms with Crippen molar-refractivity contribution in [3.05, 3.63) is 65.7 Å². The molecule has 2 aromatic rings. The zero-order valence-corrected chi connectivity index (χ0v) is 13.8. The van der Waals surface area contributed by atoms with Gasteiger partial charge in [-0.05, 0) is 0 Å². The molecule has 0 N–H and O–H groups in total. The van der Waals surface area contributed by atoms with Crippen LogP contribution in [-0.4, -0.2) is 11.7 Å². The molecule has 19 heavy (non-hydrogen) atoms. The molecule has 1 nitrogen and oxygen atoms in total. The van der Waals surface area contributed by atoms with Crippen LogP contribution in [0.1, 0.15) is 11.1 Å². The Bertz CT molecular complexity index is 565. The zero-order valence-electron chi connectivity index (χ0n) is 10.5. The fourth-order valence-electron chi connectivity index (χ4n) is 1.89. The first-order valence-corrected chi connectivity index (χ1v) is 11.3. The van der Waals surface area contributed by atoms with E-state index in [0.29, 0.717) is 0 Å². The molecule has 0 saturated heterocycles. The van der Waals surface area contributed by atoms with Gasteiger partial charge >= 0.3 is 127 Å². The molecule has 0 aromatic heterocycles. The van der Waals surface area contributed by atoms with E-state index >= 15 is 0 Å². The van der Waals surface area contributed by atoms with Crippen LogP contribution in [0.4, 0.5) is 5.69 Å². The molecule has 0 amide bonds. The second-order valence-electron chi connectivity index (χ2n) is 4.20. The summed E-state index contributed by atoms with van der Waals surface area (Å²) in [6, 6.07) is 18.6. The number of anilines is 1. The van der Waals surface area contributed by atoms with Crippen LogP contribution in [0.25, 0.3) is 0 Å². The van der Waals surface area contributed by atoms with Gasteiger partial charge in [0.05, 0.1) is 0 Å². The average molecular weight is 381 g/mol. The van der Waals surface area contributed by atoms with Crippen molar-refractivity contribution in [2.24, 2.45) is 0 Å². The summed E-state index contributed by atoms with van der Waals surface area (Å²) in [6.07, 6.45) is 0. The van der Waals surface area contributed by atoms with Crippen LogP contribution >= 0.6 is 19.4 Å². The molecule has 0 fully saturated rings. The van der Waals surface area contributed by atoms with Crippen molar-refractivity contribution in [2.75, 3.05) is 11.9 Å². The van der Waals surface area contributed by atoms with Crippen LogP contribution in [0.15, 0.2) is 54.6 Å². The summed E-state index contributed by atoms with van der Waals surface area (Å²) in [5.74, 6) is 0. The van der Waals surface area contributed by atoms with Gasteiger partial charge in [0.25, 0.3) is 0 Å². The van der Waals surface area contributed by atoms with Gasteiger partial charge in [-0.1, -0.05) is 0 Å². The molecule has 0 radical (unpaired) electrons. The topological polar surface area (TPSA) is 3.24 Å². The first kappa shape index (κ1) is 14.7. The van der Waals surface area contributed by atoms with Gasteiger partial charge in [0, 0.05) is 0 Å². The second kappa shape index (κ2) is 7.19. The Morgan fingerprint density at radius 1 is 1.00 bits per heavy atom. The number of nitrogens with zero attached hydrogens (tertiary/aromatic N) is 1. The molecular formula is C15H15Cl2NRu. The quantitative estimate of drug-likeness (QED) is 0.710. The van der Waals surface area contributed by atoms with Gasteiger partial charge in [-0.15, -0.1) is 0 Å². The zero-order chi connectivity index (χ0) is 13.7. The molecule has 2 aromatic carbocycles. The molecule has 0 aliphatic heterocycles. The normalized spacial score (nSPS) is 11.0. The van der Waals surface area contributed by atoms with E-state index in [4.69, 9.17) is 19.4 Å². The molecule has 2 rings (SSSR count). The Morgan fingerprint density at radius 2 is 1.63 bits per heavy atom. The molecule has 0 aliphatic carbocycles. The molecule has 0 atom stereocenters. The fraction of sp³-hybridized carbons (Fsp3) is 0.133. The van der Waals surface area contributed by atoms with Crippen molar-refractivity contribution in [1.29, 1.82) is 0 Å². The van der Waals surface area contributed by atoms with Crippen LogP contribution in [-0.2, 0) is 20.1 Å². The fourth-order valence-corrected chi connectivity index (χ4v) is 3.77. The van der Waals surface area contributed by atoms with E-state index in [2.05, 4.69) is 36.2 Å². The molecular weight excluding hydrogens is 366 g/mol. The van der Waals surface area contributed by atoms with E-state index in [1.165, 1.54) is 11.3 Å². The van der Waals surface area contributed by atoms with Crippen molar-refractivity contribution < 1.29 is 13.5 Å². The molecule has 0 heterocycles. The summed E-state index contributed by atoms with van der Waals surface area (Å²) in [5.41, 5.74) is 3.59. The third kappa shape index (κ3) is 4.42.